The van der Waals surface area contributed by atoms with Gasteiger partial charge in [-0.15, -0.1) is 0 Å². The number of nitrogens with zero attached hydrogens (tertiary/aromatic N) is 2. The fraction of sp³-hybridized carbons (Fsp3) is 0.455. The Morgan fingerprint density at radius 1 is 1.50 bits per heavy atom. The summed E-state index contributed by atoms with van der Waals surface area (Å²) in [4.78, 5) is 17.1. The van der Waals surface area contributed by atoms with E-state index in [1.165, 1.54) is 23.4 Å². The molecule has 1 heterocycles. The van der Waals surface area contributed by atoms with E-state index in [9.17, 15) is 9.90 Å². The minimum Gasteiger partial charge on any atom is -0.506 e. The maximum Gasteiger partial charge on any atom is 0.255 e. The largest absolute Gasteiger partial charge is 0.506 e. The molecule has 16 heavy (non-hydrogen) atoms. The fourth-order valence-electron chi connectivity index (χ4n) is 1.12. The van der Waals surface area contributed by atoms with Crippen LogP contribution in [0.4, 0.5) is 0 Å². The van der Waals surface area contributed by atoms with Gasteiger partial charge in [0.15, 0.2) is 0 Å². The normalized spacial score (nSPS) is 11.2. The Hall–Kier alpha value is -1.62. The number of carbonyl (C=O) groups is 1. The summed E-state index contributed by atoms with van der Waals surface area (Å²) in [5, 5.41) is 18.4. The number of hydrogen-bond acceptors (Lipinski definition) is 4. The van der Waals surface area contributed by atoms with Gasteiger partial charge in [0.2, 0.25) is 0 Å². The number of aliphatic hydroxyl groups is 1. The van der Waals surface area contributed by atoms with E-state index >= 15 is 0 Å². The predicted octanol–water partition coefficient (Wildman–Crippen LogP) is 0.630. The van der Waals surface area contributed by atoms with E-state index in [0.29, 0.717) is 5.56 Å². The summed E-state index contributed by atoms with van der Waals surface area (Å²) in [5.74, 6) is -0.344. The molecule has 0 radical (unpaired) electrons. The molecule has 0 aliphatic carbocycles. The Bertz CT molecular complexity index is 391. The van der Waals surface area contributed by atoms with Gasteiger partial charge in [0.1, 0.15) is 5.75 Å². The first kappa shape index (κ1) is 12.4. The van der Waals surface area contributed by atoms with Gasteiger partial charge in [-0.05, 0) is 19.9 Å². The molecule has 1 aromatic heterocycles. The molecule has 0 bridgehead atoms. The molecular formula is C11H16N2O3. The Morgan fingerprint density at radius 2 is 2.12 bits per heavy atom. The first-order chi connectivity index (χ1) is 7.38. The smallest absolute Gasteiger partial charge is 0.255 e. The second-order valence-corrected chi connectivity index (χ2v) is 4.27. The highest BCUT2D eigenvalue weighted by atomic mass is 16.3. The number of aromatic hydroxyl groups is 1. The van der Waals surface area contributed by atoms with Gasteiger partial charge in [-0.3, -0.25) is 9.78 Å². The zero-order valence-electron chi connectivity index (χ0n) is 9.64. The van der Waals surface area contributed by atoms with Gasteiger partial charge >= 0.3 is 0 Å². The van der Waals surface area contributed by atoms with Crippen LogP contribution in [0.3, 0.4) is 0 Å². The fourth-order valence-corrected chi connectivity index (χ4v) is 1.12. The van der Waals surface area contributed by atoms with Gasteiger partial charge in [-0.2, -0.15) is 0 Å². The average Bonchev–Trinajstić information content (AvgIpc) is 2.27. The summed E-state index contributed by atoms with van der Waals surface area (Å²) in [6.07, 6.45) is 2.64. The van der Waals surface area contributed by atoms with Crippen LogP contribution in [0, 0.1) is 0 Å². The van der Waals surface area contributed by atoms with Gasteiger partial charge in [0.25, 0.3) is 5.91 Å². The standard InChI is InChI=1S/C11H16N2O3/c1-11(2,7-14)13(3)10(16)8-4-9(15)6-12-5-8/h4-6,14-15H,7H2,1-3H3. The van der Waals surface area contributed by atoms with Gasteiger partial charge in [0.05, 0.1) is 23.9 Å². The molecule has 2 N–H and O–H groups in total. The minimum absolute atomic E-state index is 0.0546. The van der Waals surface area contributed by atoms with Crippen molar-refractivity contribution in [3.63, 3.8) is 0 Å². The van der Waals surface area contributed by atoms with Crippen molar-refractivity contribution in [2.75, 3.05) is 13.7 Å². The van der Waals surface area contributed by atoms with Gasteiger partial charge in [-0.1, -0.05) is 0 Å². The van der Waals surface area contributed by atoms with Crippen LogP contribution in [-0.2, 0) is 0 Å². The highest BCUT2D eigenvalue weighted by molar-refractivity contribution is 5.94. The van der Waals surface area contributed by atoms with Crippen LogP contribution in [0.15, 0.2) is 18.5 Å². The Morgan fingerprint density at radius 3 is 2.62 bits per heavy atom. The van der Waals surface area contributed by atoms with Crippen molar-refractivity contribution in [1.29, 1.82) is 0 Å². The maximum absolute atomic E-state index is 12.0. The van der Waals surface area contributed by atoms with Crippen molar-refractivity contribution in [3.8, 4) is 5.75 Å². The Kier molecular flexibility index (Phi) is 3.49. The molecule has 1 rings (SSSR count). The zero-order chi connectivity index (χ0) is 12.3. The van der Waals surface area contributed by atoms with Crippen molar-refractivity contribution < 1.29 is 15.0 Å². The van der Waals surface area contributed by atoms with E-state index < -0.39 is 5.54 Å². The average molecular weight is 224 g/mol. The predicted molar refractivity (Wildman–Crippen MR) is 59.2 cm³/mol. The Balaban J connectivity index is 2.95. The third-order valence-corrected chi connectivity index (χ3v) is 2.57. The van der Waals surface area contributed by atoms with Crippen LogP contribution in [0.5, 0.6) is 5.75 Å². The molecule has 0 saturated heterocycles. The lowest BCUT2D eigenvalue weighted by Crippen LogP contribution is -2.47. The number of hydrogen-bond donors (Lipinski definition) is 2. The minimum atomic E-state index is -0.650. The molecule has 5 heteroatoms. The number of likely N-dealkylation sites (N-methyl/N-ethyl adjacent to an activating group) is 1. The highest BCUT2D eigenvalue weighted by Gasteiger charge is 2.27. The van der Waals surface area contributed by atoms with E-state index in [2.05, 4.69) is 4.98 Å². The van der Waals surface area contributed by atoms with Crippen molar-refractivity contribution in [2.24, 2.45) is 0 Å². The Labute approximate surface area is 94.4 Å². The van der Waals surface area contributed by atoms with Crippen molar-refractivity contribution in [3.05, 3.63) is 24.0 Å². The summed E-state index contributed by atoms with van der Waals surface area (Å²) in [7, 11) is 1.60. The van der Waals surface area contributed by atoms with Gasteiger partial charge in [-0.25, -0.2) is 0 Å². The van der Waals surface area contributed by atoms with Crippen LogP contribution in [-0.4, -0.2) is 45.2 Å². The second-order valence-electron chi connectivity index (χ2n) is 4.27. The molecule has 0 aliphatic heterocycles. The monoisotopic (exact) mass is 224 g/mol. The molecule has 1 aromatic rings. The van der Waals surface area contributed by atoms with Gasteiger partial charge in [0, 0.05) is 13.2 Å². The number of rotatable bonds is 3. The van der Waals surface area contributed by atoms with E-state index in [-0.39, 0.29) is 18.3 Å². The van der Waals surface area contributed by atoms with Crippen LogP contribution < -0.4 is 0 Å². The highest BCUT2D eigenvalue weighted by Crippen LogP contribution is 2.16. The summed E-state index contributed by atoms with van der Waals surface area (Å²) >= 11 is 0. The molecule has 0 saturated carbocycles. The topological polar surface area (TPSA) is 73.7 Å². The van der Waals surface area contributed by atoms with Crippen molar-refractivity contribution >= 4 is 5.91 Å². The van der Waals surface area contributed by atoms with Crippen molar-refractivity contribution in [2.45, 2.75) is 19.4 Å². The second kappa shape index (κ2) is 4.49. The van der Waals surface area contributed by atoms with Crippen LogP contribution in [0.1, 0.15) is 24.2 Å². The molecular weight excluding hydrogens is 208 g/mol. The summed E-state index contributed by atoms with van der Waals surface area (Å²) in [5.41, 5.74) is -0.355. The molecule has 0 fully saturated rings. The van der Waals surface area contributed by atoms with E-state index in [1.54, 1.807) is 20.9 Å². The number of amides is 1. The van der Waals surface area contributed by atoms with Crippen LogP contribution in [0.25, 0.3) is 0 Å². The van der Waals surface area contributed by atoms with Crippen LogP contribution >= 0.6 is 0 Å². The number of carbonyl (C=O) groups excluding carboxylic acids is 1. The summed E-state index contributed by atoms with van der Waals surface area (Å²) < 4.78 is 0. The third kappa shape index (κ3) is 2.49. The number of aromatic nitrogens is 1. The number of pyridine rings is 1. The van der Waals surface area contributed by atoms with E-state index in [1.807, 2.05) is 0 Å². The SMILES string of the molecule is CN(C(=O)c1cncc(O)c1)C(C)(C)CO. The van der Waals surface area contributed by atoms with Crippen molar-refractivity contribution in [1.82, 2.24) is 9.88 Å². The third-order valence-electron chi connectivity index (χ3n) is 2.57. The van der Waals surface area contributed by atoms with E-state index in [4.69, 9.17) is 5.11 Å². The van der Waals surface area contributed by atoms with E-state index in [0.717, 1.165) is 0 Å². The lowest BCUT2D eigenvalue weighted by Gasteiger charge is -2.33. The first-order valence-electron chi connectivity index (χ1n) is 4.91. The molecule has 0 spiro atoms. The molecule has 5 nitrogen and oxygen atoms in total. The lowest BCUT2D eigenvalue weighted by molar-refractivity contribution is 0.0472. The van der Waals surface area contributed by atoms with Gasteiger partial charge < -0.3 is 15.1 Å². The quantitative estimate of drug-likeness (QED) is 0.789. The number of aliphatic hydroxyl groups excluding tert-OH is 1. The summed E-state index contributed by atoms with van der Waals surface area (Å²) in [6.45, 7) is 3.36. The van der Waals surface area contributed by atoms with Crippen LogP contribution in [0.2, 0.25) is 0 Å². The summed E-state index contributed by atoms with van der Waals surface area (Å²) in [6, 6.07) is 1.35. The molecule has 0 aliphatic rings. The molecule has 1 amide bonds. The molecule has 0 aromatic carbocycles. The molecule has 0 atom stereocenters. The maximum atomic E-state index is 12.0. The molecule has 0 unspecified atom stereocenters. The lowest BCUT2D eigenvalue weighted by atomic mass is 10.0. The zero-order valence-corrected chi connectivity index (χ0v) is 9.64. The molecule has 88 valence electrons. The first-order valence-corrected chi connectivity index (χ1v) is 4.91.